The summed E-state index contributed by atoms with van der Waals surface area (Å²) < 4.78 is 27.0. The third-order valence-electron chi connectivity index (χ3n) is 5.49. The van der Waals surface area contributed by atoms with Gasteiger partial charge in [-0.05, 0) is 44.7 Å². The third-order valence-corrected chi connectivity index (χ3v) is 7.41. The minimum Gasteiger partial charge on any atom is -0.352 e. The first-order chi connectivity index (χ1) is 12.8. The number of piperazine rings is 1. The van der Waals surface area contributed by atoms with Gasteiger partial charge in [-0.3, -0.25) is 9.69 Å². The van der Waals surface area contributed by atoms with E-state index in [-0.39, 0.29) is 42.8 Å². The molecule has 0 aromatic heterocycles. The first-order valence-corrected chi connectivity index (χ1v) is 11.1. The van der Waals surface area contributed by atoms with Crippen LogP contribution in [0.5, 0.6) is 0 Å². The molecule has 1 saturated heterocycles. The van der Waals surface area contributed by atoms with Crippen LogP contribution in [-0.4, -0.2) is 68.3 Å². The predicted molar refractivity (Wildman–Crippen MR) is 119 cm³/mol. The lowest BCUT2D eigenvalue weighted by molar-refractivity contribution is -0.123. The van der Waals surface area contributed by atoms with Crippen LogP contribution in [0.1, 0.15) is 31.2 Å². The molecule has 1 amide bonds. The Hall–Kier alpha value is -0.900. The Kier molecular flexibility index (Phi) is 10.3. The lowest BCUT2D eigenvalue weighted by Crippen LogP contribution is -2.52. The number of carbonyl (C=O) groups excluding carboxylic acids is 1. The number of rotatable bonds is 5. The van der Waals surface area contributed by atoms with Crippen molar-refractivity contribution in [3.05, 3.63) is 29.8 Å². The Labute approximate surface area is 186 Å². The van der Waals surface area contributed by atoms with Gasteiger partial charge >= 0.3 is 0 Å². The summed E-state index contributed by atoms with van der Waals surface area (Å²) in [4.78, 5) is 14.6. The molecule has 1 aliphatic heterocycles. The second-order valence-corrected chi connectivity index (χ2v) is 9.61. The highest BCUT2D eigenvalue weighted by molar-refractivity contribution is 7.89. The Balaban J connectivity index is 0.00000210. The topological polar surface area (TPSA) is 95.7 Å². The van der Waals surface area contributed by atoms with Crippen LogP contribution in [-0.2, 0) is 14.8 Å². The summed E-state index contributed by atoms with van der Waals surface area (Å²) in [5.41, 5.74) is 6.93. The van der Waals surface area contributed by atoms with Crippen molar-refractivity contribution in [1.29, 1.82) is 0 Å². The van der Waals surface area contributed by atoms with Crippen molar-refractivity contribution in [2.24, 2.45) is 5.73 Å². The molecular weight excluding hydrogens is 435 g/mol. The van der Waals surface area contributed by atoms with Crippen LogP contribution in [0.3, 0.4) is 0 Å². The van der Waals surface area contributed by atoms with Gasteiger partial charge in [-0.25, -0.2) is 8.42 Å². The smallest absolute Gasteiger partial charge is 0.243 e. The summed E-state index contributed by atoms with van der Waals surface area (Å²) in [6, 6.07) is 7.42. The lowest BCUT2D eigenvalue weighted by Gasteiger charge is -2.34. The monoisotopic (exact) mass is 466 g/mol. The number of nitrogens with zero attached hydrogens (tertiary/aromatic N) is 2. The van der Waals surface area contributed by atoms with Crippen LogP contribution >= 0.6 is 24.8 Å². The zero-order valence-corrected chi connectivity index (χ0v) is 19.2. The third kappa shape index (κ3) is 7.08. The van der Waals surface area contributed by atoms with Crippen molar-refractivity contribution in [1.82, 2.24) is 14.5 Å². The quantitative estimate of drug-likeness (QED) is 0.685. The van der Waals surface area contributed by atoms with Crippen molar-refractivity contribution in [2.75, 3.05) is 32.7 Å². The Morgan fingerprint density at radius 3 is 2.14 bits per heavy atom. The van der Waals surface area contributed by atoms with Crippen molar-refractivity contribution in [3.63, 3.8) is 0 Å². The van der Waals surface area contributed by atoms with Crippen molar-refractivity contribution in [3.8, 4) is 0 Å². The lowest BCUT2D eigenvalue weighted by atomic mass is 9.92. The summed E-state index contributed by atoms with van der Waals surface area (Å²) in [5, 5.41) is 3.09. The van der Waals surface area contributed by atoms with Gasteiger partial charge < -0.3 is 11.1 Å². The maximum absolute atomic E-state index is 12.7. The normalized spacial score (nSPS) is 23.5. The molecule has 0 atom stereocenters. The van der Waals surface area contributed by atoms with Gasteiger partial charge in [0.1, 0.15) is 0 Å². The molecule has 0 unspecified atom stereocenters. The average molecular weight is 467 g/mol. The van der Waals surface area contributed by atoms with E-state index in [2.05, 4.69) is 5.32 Å². The molecule has 10 heteroatoms. The van der Waals surface area contributed by atoms with Crippen molar-refractivity contribution in [2.45, 2.75) is 49.6 Å². The molecule has 0 bridgehead atoms. The average Bonchev–Trinajstić information content (AvgIpc) is 2.64. The van der Waals surface area contributed by atoms with Crippen molar-refractivity contribution < 1.29 is 13.2 Å². The van der Waals surface area contributed by atoms with Gasteiger partial charge in [-0.15, -0.1) is 24.8 Å². The standard InChI is InChI=1S/C19H30N4O3S.2ClH/c1-15-2-8-18(9-3-15)27(25,26)23-12-10-22(11-13-23)14-19(24)21-17-6-4-16(20)5-7-17;;/h2-3,8-9,16-17H,4-7,10-14,20H2,1H3,(H,21,24);2*1H. The zero-order valence-electron chi connectivity index (χ0n) is 16.7. The molecule has 7 nitrogen and oxygen atoms in total. The number of sulfonamides is 1. The van der Waals surface area contributed by atoms with Gasteiger partial charge in [-0.1, -0.05) is 17.7 Å². The molecule has 1 aliphatic carbocycles. The van der Waals surface area contributed by atoms with Gasteiger partial charge in [0.15, 0.2) is 0 Å². The Bertz CT molecular complexity index is 745. The maximum Gasteiger partial charge on any atom is 0.243 e. The molecule has 3 N–H and O–H groups in total. The Morgan fingerprint density at radius 2 is 1.59 bits per heavy atom. The van der Waals surface area contributed by atoms with E-state index < -0.39 is 10.0 Å². The number of halogens is 2. The van der Waals surface area contributed by atoms with Gasteiger partial charge in [0.2, 0.25) is 15.9 Å². The van der Waals surface area contributed by atoms with Crippen LogP contribution in [0.15, 0.2) is 29.2 Å². The van der Waals surface area contributed by atoms with Gasteiger partial charge in [0, 0.05) is 38.3 Å². The van der Waals surface area contributed by atoms with Crippen LogP contribution in [0.4, 0.5) is 0 Å². The molecule has 2 fully saturated rings. The molecule has 1 aromatic rings. The summed E-state index contributed by atoms with van der Waals surface area (Å²) in [7, 11) is -3.46. The second-order valence-electron chi connectivity index (χ2n) is 7.67. The minimum absolute atomic E-state index is 0. The second kappa shape index (κ2) is 11.5. The zero-order chi connectivity index (χ0) is 19.4. The highest BCUT2D eigenvalue weighted by atomic mass is 35.5. The summed E-state index contributed by atoms with van der Waals surface area (Å²) in [6.45, 7) is 4.19. The fourth-order valence-electron chi connectivity index (χ4n) is 3.73. The van der Waals surface area contributed by atoms with E-state index in [0.717, 1.165) is 31.2 Å². The SMILES string of the molecule is Cc1ccc(S(=O)(=O)N2CCN(CC(=O)NC3CCC(N)CC3)CC2)cc1.Cl.Cl. The number of nitrogens with two attached hydrogens (primary N) is 1. The fourth-order valence-corrected chi connectivity index (χ4v) is 5.15. The van der Waals surface area contributed by atoms with E-state index in [9.17, 15) is 13.2 Å². The number of nitrogens with one attached hydrogen (secondary N) is 1. The summed E-state index contributed by atoms with van der Waals surface area (Å²) >= 11 is 0. The van der Waals surface area contributed by atoms with E-state index in [4.69, 9.17) is 5.73 Å². The molecule has 1 heterocycles. The number of benzene rings is 1. The highest BCUT2D eigenvalue weighted by Crippen LogP contribution is 2.19. The predicted octanol–water partition coefficient (Wildman–Crippen LogP) is 1.53. The number of carbonyl (C=O) groups is 1. The van der Waals surface area contributed by atoms with Crippen LogP contribution in [0, 0.1) is 6.92 Å². The van der Waals surface area contributed by atoms with Gasteiger partial charge in [0.05, 0.1) is 11.4 Å². The number of hydrogen-bond donors (Lipinski definition) is 2. The number of aryl methyl sites for hydroxylation is 1. The van der Waals surface area contributed by atoms with Crippen LogP contribution in [0.2, 0.25) is 0 Å². The molecule has 2 aliphatic rings. The number of amides is 1. The molecule has 1 aromatic carbocycles. The van der Waals surface area contributed by atoms with E-state index in [1.807, 2.05) is 24.0 Å². The number of hydrogen-bond acceptors (Lipinski definition) is 5. The molecular formula is C19H32Cl2N4O3S. The van der Waals surface area contributed by atoms with Crippen LogP contribution < -0.4 is 11.1 Å². The molecule has 166 valence electrons. The maximum atomic E-state index is 12.7. The molecule has 29 heavy (non-hydrogen) atoms. The van der Waals surface area contributed by atoms with Crippen LogP contribution in [0.25, 0.3) is 0 Å². The molecule has 0 spiro atoms. The van der Waals surface area contributed by atoms with E-state index >= 15 is 0 Å². The fraction of sp³-hybridized carbons (Fsp3) is 0.632. The first kappa shape index (κ1) is 26.1. The highest BCUT2D eigenvalue weighted by Gasteiger charge is 2.29. The van der Waals surface area contributed by atoms with E-state index in [1.54, 1.807) is 12.1 Å². The molecule has 0 radical (unpaired) electrons. The Morgan fingerprint density at radius 1 is 1.03 bits per heavy atom. The summed E-state index contributed by atoms with van der Waals surface area (Å²) in [5.74, 6) is 0.0188. The van der Waals surface area contributed by atoms with Crippen molar-refractivity contribution >= 4 is 40.7 Å². The largest absolute Gasteiger partial charge is 0.352 e. The van der Waals surface area contributed by atoms with Gasteiger partial charge in [0.25, 0.3) is 0 Å². The minimum atomic E-state index is -3.46. The summed E-state index contributed by atoms with van der Waals surface area (Å²) in [6.07, 6.45) is 3.80. The molecule has 1 saturated carbocycles. The molecule has 3 rings (SSSR count). The first-order valence-electron chi connectivity index (χ1n) is 9.69. The van der Waals surface area contributed by atoms with Gasteiger partial charge in [-0.2, -0.15) is 4.31 Å². The van der Waals surface area contributed by atoms with E-state index in [1.165, 1.54) is 4.31 Å². The van der Waals surface area contributed by atoms with E-state index in [0.29, 0.717) is 37.6 Å².